The van der Waals surface area contributed by atoms with Crippen molar-refractivity contribution in [2.45, 2.75) is 0 Å². The lowest BCUT2D eigenvalue weighted by Gasteiger charge is -2.21. The fourth-order valence-corrected chi connectivity index (χ4v) is 4.39. The molecule has 0 heterocycles. The average molecular weight is 437 g/mol. The zero-order chi connectivity index (χ0) is 20.8. The SMILES string of the molecule is O=P(Oc1ccccc1)(Oc1ccccc1)Oc1c(Cl)cccc1-c1ccccc1. The smallest absolute Gasteiger partial charge is 0.386 e. The number of phosphoric ester groups is 1. The van der Waals surface area contributed by atoms with Crippen molar-refractivity contribution >= 4 is 19.4 Å². The lowest BCUT2D eigenvalue weighted by Crippen LogP contribution is -2.08. The van der Waals surface area contributed by atoms with Crippen molar-refractivity contribution in [1.29, 1.82) is 0 Å². The third-order valence-corrected chi connectivity index (χ3v) is 5.75. The van der Waals surface area contributed by atoms with Crippen molar-refractivity contribution in [2.75, 3.05) is 0 Å². The molecule has 0 aliphatic rings. The van der Waals surface area contributed by atoms with E-state index in [1.807, 2.05) is 48.5 Å². The van der Waals surface area contributed by atoms with Gasteiger partial charge in [-0.1, -0.05) is 90.5 Å². The molecule has 0 bridgehead atoms. The van der Waals surface area contributed by atoms with Crippen LogP contribution in [0.25, 0.3) is 11.1 Å². The minimum Gasteiger partial charge on any atom is -0.386 e. The van der Waals surface area contributed by atoms with Gasteiger partial charge in [-0.2, -0.15) is 4.57 Å². The molecule has 0 N–H and O–H groups in total. The Labute approximate surface area is 180 Å². The molecule has 4 aromatic rings. The van der Waals surface area contributed by atoms with E-state index in [2.05, 4.69) is 0 Å². The lowest BCUT2D eigenvalue weighted by molar-refractivity contribution is 0.299. The summed E-state index contributed by atoms with van der Waals surface area (Å²) in [5, 5.41) is 0.296. The van der Waals surface area contributed by atoms with Gasteiger partial charge in [0, 0.05) is 5.56 Å². The first-order valence-electron chi connectivity index (χ1n) is 9.26. The molecule has 6 heteroatoms. The van der Waals surface area contributed by atoms with Gasteiger partial charge in [0.25, 0.3) is 0 Å². The Hall–Kier alpha value is -3.20. The van der Waals surface area contributed by atoms with Crippen LogP contribution in [0.3, 0.4) is 0 Å². The van der Waals surface area contributed by atoms with Gasteiger partial charge in [-0.05, 0) is 35.9 Å². The highest BCUT2D eigenvalue weighted by atomic mass is 35.5. The second-order valence-electron chi connectivity index (χ2n) is 6.33. The quantitative estimate of drug-likeness (QED) is 0.279. The van der Waals surface area contributed by atoms with Gasteiger partial charge in [0.2, 0.25) is 0 Å². The van der Waals surface area contributed by atoms with Crippen LogP contribution < -0.4 is 13.6 Å². The Morgan fingerprint density at radius 3 is 1.60 bits per heavy atom. The maximum absolute atomic E-state index is 13.7. The molecule has 0 radical (unpaired) electrons. The van der Waals surface area contributed by atoms with E-state index in [0.717, 1.165) is 5.56 Å². The van der Waals surface area contributed by atoms with Crippen LogP contribution in [-0.4, -0.2) is 0 Å². The molecule has 0 fully saturated rings. The van der Waals surface area contributed by atoms with E-state index >= 15 is 0 Å². The van der Waals surface area contributed by atoms with Crippen LogP contribution in [-0.2, 0) is 4.57 Å². The van der Waals surface area contributed by atoms with Gasteiger partial charge in [0.1, 0.15) is 11.5 Å². The number of halogens is 1. The molecule has 150 valence electrons. The van der Waals surface area contributed by atoms with E-state index in [1.54, 1.807) is 60.7 Å². The minimum atomic E-state index is -4.14. The van der Waals surface area contributed by atoms with Gasteiger partial charge in [0.05, 0.1) is 5.02 Å². The first kappa shape index (κ1) is 20.1. The number of rotatable bonds is 7. The second kappa shape index (κ2) is 9.08. The van der Waals surface area contributed by atoms with E-state index in [4.69, 9.17) is 25.2 Å². The molecule has 0 aliphatic heterocycles. The number of phosphoric acid groups is 1. The van der Waals surface area contributed by atoms with Gasteiger partial charge >= 0.3 is 7.82 Å². The number of hydrogen-bond acceptors (Lipinski definition) is 4. The number of para-hydroxylation sites is 3. The summed E-state index contributed by atoms with van der Waals surface area (Å²) < 4.78 is 31.1. The first-order chi connectivity index (χ1) is 14.6. The summed E-state index contributed by atoms with van der Waals surface area (Å²) in [7, 11) is -4.14. The Morgan fingerprint density at radius 1 is 0.567 bits per heavy atom. The molecule has 0 atom stereocenters. The van der Waals surface area contributed by atoms with Gasteiger partial charge < -0.3 is 13.6 Å². The predicted molar refractivity (Wildman–Crippen MR) is 119 cm³/mol. The normalized spacial score (nSPS) is 11.0. The van der Waals surface area contributed by atoms with Crippen LogP contribution in [0, 0.1) is 0 Å². The molecule has 4 rings (SSSR count). The average Bonchev–Trinajstić information content (AvgIpc) is 2.77. The zero-order valence-electron chi connectivity index (χ0n) is 15.9. The highest BCUT2D eigenvalue weighted by Gasteiger charge is 2.35. The van der Waals surface area contributed by atoms with E-state index in [1.165, 1.54) is 0 Å². The summed E-state index contributed by atoms with van der Waals surface area (Å²) in [5.41, 5.74) is 1.54. The molecule has 0 unspecified atom stereocenters. The monoisotopic (exact) mass is 436 g/mol. The molecule has 0 aromatic heterocycles. The molecule has 0 amide bonds. The van der Waals surface area contributed by atoms with Crippen LogP contribution >= 0.6 is 19.4 Å². The van der Waals surface area contributed by atoms with Crippen molar-refractivity contribution in [3.63, 3.8) is 0 Å². The molecular weight excluding hydrogens is 419 g/mol. The zero-order valence-corrected chi connectivity index (χ0v) is 17.5. The third-order valence-electron chi connectivity index (χ3n) is 4.18. The summed E-state index contributed by atoms with van der Waals surface area (Å²) >= 11 is 6.43. The van der Waals surface area contributed by atoms with Gasteiger partial charge in [-0.3, -0.25) is 0 Å². The Balaban J connectivity index is 1.75. The summed E-state index contributed by atoms with van der Waals surface area (Å²) in [4.78, 5) is 0. The standard InChI is InChI=1S/C24H18ClO4P/c25-23-18-10-17-22(19-11-4-1-5-12-19)24(23)29-30(26,27-20-13-6-2-7-14-20)28-21-15-8-3-9-16-21/h1-18H. The Kier molecular flexibility index (Phi) is 6.08. The maximum Gasteiger partial charge on any atom is 0.647 e. The van der Waals surface area contributed by atoms with Crippen molar-refractivity contribution in [2.24, 2.45) is 0 Å². The first-order valence-corrected chi connectivity index (χ1v) is 11.1. The number of hydrogen-bond donors (Lipinski definition) is 0. The molecule has 0 aliphatic carbocycles. The van der Waals surface area contributed by atoms with Crippen LogP contribution in [0.5, 0.6) is 17.2 Å². The Morgan fingerprint density at radius 2 is 1.07 bits per heavy atom. The van der Waals surface area contributed by atoms with Crippen LogP contribution in [0.2, 0.25) is 5.02 Å². The topological polar surface area (TPSA) is 44.8 Å². The van der Waals surface area contributed by atoms with E-state index in [-0.39, 0.29) is 5.75 Å². The fraction of sp³-hybridized carbons (Fsp3) is 0. The third kappa shape index (κ3) is 4.85. The van der Waals surface area contributed by atoms with Crippen LogP contribution in [0.15, 0.2) is 109 Å². The van der Waals surface area contributed by atoms with E-state index in [9.17, 15) is 4.57 Å². The largest absolute Gasteiger partial charge is 0.647 e. The fourth-order valence-electron chi connectivity index (χ4n) is 2.84. The van der Waals surface area contributed by atoms with Gasteiger partial charge in [-0.25, -0.2) is 0 Å². The summed E-state index contributed by atoms with van der Waals surface area (Å²) in [6.07, 6.45) is 0. The second-order valence-corrected chi connectivity index (χ2v) is 8.18. The molecule has 4 nitrogen and oxygen atoms in total. The molecule has 0 saturated carbocycles. The van der Waals surface area contributed by atoms with Gasteiger partial charge in [-0.15, -0.1) is 0 Å². The van der Waals surface area contributed by atoms with E-state index < -0.39 is 7.82 Å². The molecular formula is C24H18ClO4P. The molecule has 0 saturated heterocycles. The minimum absolute atomic E-state index is 0.223. The lowest BCUT2D eigenvalue weighted by atomic mass is 10.1. The summed E-state index contributed by atoms with van der Waals surface area (Å²) in [6.45, 7) is 0. The summed E-state index contributed by atoms with van der Waals surface area (Å²) in [5.74, 6) is 0.927. The molecule has 4 aromatic carbocycles. The molecule has 30 heavy (non-hydrogen) atoms. The van der Waals surface area contributed by atoms with Crippen molar-refractivity contribution in [3.05, 3.63) is 114 Å². The highest BCUT2D eigenvalue weighted by Crippen LogP contribution is 2.53. The Bertz CT molecular complexity index is 1110. The molecule has 0 spiro atoms. The maximum atomic E-state index is 13.7. The van der Waals surface area contributed by atoms with Crippen molar-refractivity contribution in [3.8, 4) is 28.4 Å². The van der Waals surface area contributed by atoms with Crippen molar-refractivity contribution < 1.29 is 18.1 Å². The van der Waals surface area contributed by atoms with Gasteiger partial charge in [0.15, 0.2) is 5.75 Å². The predicted octanol–water partition coefficient (Wildman–Crippen LogP) is 7.65. The van der Waals surface area contributed by atoms with Crippen LogP contribution in [0.4, 0.5) is 0 Å². The number of benzene rings is 4. The van der Waals surface area contributed by atoms with Crippen LogP contribution in [0.1, 0.15) is 0 Å². The van der Waals surface area contributed by atoms with Crippen molar-refractivity contribution in [1.82, 2.24) is 0 Å². The highest BCUT2D eigenvalue weighted by molar-refractivity contribution is 7.49. The van der Waals surface area contributed by atoms with E-state index in [0.29, 0.717) is 22.1 Å². The summed E-state index contributed by atoms with van der Waals surface area (Å²) in [6, 6.07) is 32.3.